The predicted molar refractivity (Wildman–Crippen MR) is 58.3 cm³/mol. The average Bonchev–Trinajstić information content (AvgIpc) is 2.17. The van der Waals surface area contributed by atoms with Gasteiger partial charge in [0.1, 0.15) is 0 Å². The first-order valence-electron chi connectivity index (χ1n) is 4.78. The summed E-state index contributed by atoms with van der Waals surface area (Å²) in [5.41, 5.74) is 0. The summed E-state index contributed by atoms with van der Waals surface area (Å²) in [5.74, 6) is 0. The summed E-state index contributed by atoms with van der Waals surface area (Å²) in [4.78, 5) is 21.2. The zero-order chi connectivity index (χ0) is 15.8. The monoisotopic (exact) mass is 340 g/mol. The first-order valence-corrected chi connectivity index (χ1v) is 7.54. The largest absolute Gasteiger partial charge is 0.449 e. The summed E-state index contributed by atoms with van der Waals surface area (Å²) in [5, 5.41) is 0. The first-order chi connectivity index (χ1) is 8.99. The lowest BCUT2D eigenvalue weighted by Gasteiger charge is -2.05. The van der Waals surface area contributed by atoms with Crippen LogP contribution in [0, 0.1) is 0 Å². The zero-order valence-corrected chi connectivity index (χ0v) is 11.3. The van der Waals surface area contributed by atoms with Gasteiger partial charge in [-0.3, -0.25) is 0 Å². The maximum absolute atomic E-state index is 11.9. The molecule has 0 unspecified atom stereocenters. The average molecular weight is 340 g/mol. The normalized spacial score (nSPS) is 11.5. The number of carbonyl (C=O) groups is 2. The fourth-order valence-electron chi connectivity index (χ4n) is 0.792. The maximum Gasteiger partial charge on any atom is 0.422 e. The van der Waals surface area contributed by atoms with Crippen molar-refractivity contribution in [2.45, 2.75) is 12.8 Å². The van der Waals surface area contributed by atoms with E-state index >= 15 is 0 Å². The van der Waals surface area contributed by atoms with Gasteiger partial charge in [-0.25, -0.2) is 9.59 Å². The Morgan fingerprint density at radius 3 is 1.35 bits per heavy atom. The Bertz CT molecular complexity index is 495. The summed E-state index contributed by atoms with van der Waals surface area (Å²) >= 11 is 0. The number of hydrogen-bond donors (Lipinski definition) is 2. The second-order valence-electron chi connectivity index (χ2n) is 3.06. The molecule has 0 bridgehead atoms. The molecule has 0 fully saturated rings. The van der Waals surface area contributed by atoms with Gasteiger partial charge in [-0.1, -0.05) is 7.77 Å². The molecule has 0 saturated heterocycles. The molecule has 0 aromatic rings. The van der Waals surface area contributed by atoms with Crippen molar-refractivity contribution in [2.75, 3.05) is 13.2 Å². The molecule has 0 aliphatic rings. The molecule has 10 nitrogen and oxygen atoms in total. The van der Waals surface area contributed by atoms with Crippen molar-refractivity contribution < 1.29 is 43.7 Å². The minimum atomic E-state index is -5.19. The lowest BCUT2D eigenvalue weighted by molar-refractivity contribution is 0.134. The van der Waals surface area contributed by atoms with Crippen molar-refractivity contribution in [3.8, 4) is 0 Å². The van der Waals surface area contributed by atoms with E-state index in [-0.39, 0.29) is 26.1 Å². The number of hydrogen-bond acceptors (Lipinski definition) is 8. The fraction of sp³-hybridized carbons (Fsp3) is 0.667. The van der Waals surface area contributed by atoms with E-state index in [1.165, 1.54) is 0 Å². The Morgan fingerprint density at radius 1 is 0.800 bits per heavy atom. The molecule has 0 spiro atoms. The molecule has 0 atom stereocenters. The highest BCUT2D eigenvalue weighted by atomic mass is 32.3. The molecule has 0 heterocycles. The SMILES string of the molecule is O=C(NS(=O)(=O)F)OCCCCOC(=O)NS(=O)(=O)F. The first kappa shape index (κ1) is 18.3. The van der Waals surface area contributed by atoms with E-state index in [1.54, 1.807) is 0 Å². The Morgan fingerprint density at radius 2 is 1.10 bits per heavy atom. The molecular formula is C6H10F2N2O8S2. The summed E-state index contributed by atoms with van der Waals surface area (Å²) < 4.78 is 73.8. The standard InChI is InChI=1S/C6H10F2N2O8S2/c7-19(13,14)9-5(11)17-3-1-2-4-18-6(12)10-20(8,15)16/h1-4H2,(H,9,11)(H,10,12). The van der Waals surface area contributed by atoms with Crippen LogP contribution in [0.5, 0.6) is 0 Å². The van der Waals surface area contributed by atoms with Crippen molar-refractivity contribution in [3.63, 3.8) is 0 Å². The van der Waals surface area contributed by atoms with Gasteiger partial charge in [0.25, 0.3) is 0 Å². The molecule has 0 aliphatic heterocycles. The van der Waals surface area contributed by atoms with Crippen LogP contribution in [-0.2, 0) is 30.3 Å². The Labute approximate surface area is 113 Å². The van der Waals surface area contributed by atoms with Crippen molar-refractivity contribution in [3.05, 3.63) is 0 Å². The van der Waals surface area contributed by atoms with Crippen LogP contribution in [0.25, 0.3) is 0 Å². The predicted octanol–water partition coefficient (Wildman–Crippen LogP) is -0.352. The van der Waals surface area contributed by atoms with Gasteiger partial charge >= 0.3 is 33.0 Å². The second-order valence-corrected chi connectivity index (χ2v) is 5.22. The van der Waals surface area contributed by atoms with E-state index in [0.29, 0.717) is 0 Å². The highest BCUT2D eigenvalue weighted by Gasteiger charge is 2.14. The van der Waals surface area contributed by atoms with E-state index in [4.69, 9.17) is 0 Å². The third-order valence-electron chi connectivity index (χ3n) is 1.42. The number of rotatable bonds is 7. The maximum atomic E-state index is 11.9. The third kappa shape index (κ3) is 12.7. The molecule has 0 rings (SSSR count). The van der Waals surface area contributed by atoms with Gasteiger partial charge in [-0.2, -0.15) is 26.3 Å². The molecule has 0 aromatic heterocycles. The van der Waals surface area contributed by atoms with Crippen molar-refractivity contribution in [1.29, 1.82) is 0 Å². The van der Waals surface area contributed by atoms with E-state index in [1.807, 2.05) is 0 Å². The summed E-state index contributed by atoms with van der Waals surface area (Å²) in [6.45, 7) is -0.624. The van der Waals surface area contributed by atoms with Gasteiger partial charge < -0.3 is 9.47 Å². The molecule has 14 heteroatoms. The highest BCUT2D eigenvalue weighted by Crippen LogP contribution is 1.95. The molecule has 118 valence electrons. The number of amides is 2. The Balaban J connectivity index is 3.64. The highest BCUT2D eigenvalue weighted by molar-refractivity contribution is 7.85. The molecule has 0 saturated carbocycles. The van der Waals surface area contributed by atoms with Crippen molar-refractivity contribution in [1.82, 2.24) is 9.44 Å². The van der Waals surface area contributed by atoms with Gasteiger partial charge in [0, 0.05) is 0 Å². The Hall–Kier alpha value is -1.70. The van der Waals surface area contributed by atoms with Crippen LogP contribution in [0.4, 0.5) is 17.4 Å². The second kappa shape index (κ2) is 7.78. The quantitative estimate of drug-likeness (QED) is 0.472. The number of halogens is 2. The van der Waals surface area contributed by atoms with E-state index in [2.05, 4.69) is 9.47 Å². The van der Waals surface area contributed by atoms with Crippen LogP contribution >= 0.6 is 0 Å². The number of unbranched alkanes of at least 4 members (excludes halogenated alkanes) is 1. The minimum absolute atomic E-state index is 0.0927. The topological polar surface area (TPSA) is 145 Å². The molecule has 2 N–H and O–H groups in total. The fourth-order valence-corrected chi connectivity index (χ4v) is 1.31. The summed E-state index contributed by atoms with van der Waals surface area (Å²) in [6.07, 6.45) is -2.85. The van der Waals surface area contributed by atoms with E-state index in [9.17, 15) is 34.2 Å². The van der Waals surface area contributed by atoms with Gasteiger partial charge in [0.15, 0.2) is 0 Å². The number of nitrogens with one attached hydrogen (secondary N) is 2. The van der Waals surface area contributed by atoms with E-state index < -0.39 is 33.0 Å². The smallest absolute Gasteiger partial charge is 0.422 e. The van der Waals surface area contributed by atoms with Crippen LogP contribution in [-0.4, -0.2) is 42.2 Å². The minimum Gasteiger partial charge on any atom is -0.449 e. The molecule has 0 radical (unpaired) electrons. The van der Waals surface area contributed by atoms with Crippen molar-refractivity contribution >= 4 is 33.0 Å². The van der Waals surface area contributed by atoms with Gasteiger partial charge in [0.05, 0.1) is 13.2 Å². The number of carbonyl (C=O) groups excluding carboxylic acids is 2. The molecule has 0 aliphatic carbocycles. The molecule has 2 amide bonds. The van der Waals surface area contributed by atoms with Gasteiger partial charge in [0.2, 0.25) is 0 Å². The van der Waals surface area contributed by atoms with Crippen LogP contribution in [0.3, 0.4) is 0 Å². The number of ether oxygens (including phenoxy) is 2. The molecule has 0 aromatic carbocycles. The van der Waals surface area contributed by atoms with Crippen LogP contribution < -0.4 is 9.44 Å². The molecule has 20 heavy (non-hydrogen) atoms. The lowest BCUT2D eigenvalue weighted by Crippen LogP contribution is -2.29. The zero-order valence-electron chi connectivity index (χ0n) is 9.67. The van der Waals surface area contributed by atoms with Crippen molar-refractivity contribution in [2.24, 2.45) is 0 Å². The third-order valence-corrected chi connectivity index (χ3v) is 2.24. The Kier molecular flexibility index (Phi) is 7.12. The van der Waals surface area contributed by atoms with Crippen LogP contribution in [0.1, 0.15) is 12.8 Å². The van der Waals surface area contributed by atoms with Gasteiger partial charge in [-0.15, -0.1) is 0 Å². The van der Waals surface area contributed by atoms with Crippen LogP contribution in [0.15, 0.2) is 0 Å². The van der Waals surface area contributed by atoms with Crippen LogP contribution in [0.2, 0.25) is 0 Å². The lowest BCUT2D eigenvalue weighted by atomic mass is 10.3. The summed E-state index contributed by atoms with van der Waals surface area (Å²) in [7, 11) is -10.4. The summed E-state index contributed by atoms with van der Waals surface area (Å²) in [6, 6.07) is 0. The molecular weight excluding hydrogens is 330 g/mol. The van der Waals surface area contributed by atoms with E-state index in [0.717, 1.165) is 9.44 Å². The van der Waals surface area contributed by atoms with Gasteiger partial charge in [-0.05, 0) is 12.8 Å².